The SMILES string of the molecule is Cl.NCCCCN1N=C(CCc2ccc(O)cc2)c2ccc(C(=O)NCCCc3ccccc3)cc2N(Cc2ccc(-c3ccccc3)cc2)C1=O. The highest BCUT2D eigenvalue weighted by Gasteiger charge is 2.30. The number of hydrogen-bond donors (Lipinski definition) is 3. The van der Waals surface area contributed by atoms with Crippen molar-refractivity contribution >= 4 is 35.7 Å². The van der Waals surface area contributed by atoms with Crippen molar-refractivity contribution in [2.24, 2.45) is 10.8 Å². The van der Waals surface area contributed by atoms with E-state index in [9.17, 15) is 14.7 Å². The van der Waals surface area contributed by atoms with Gasteiger partial charge in [-0.15, -0.1) is 12.4 Å². The smallest absolute Gasteiger partial charge is 0.345 e. The number of nitrogens with two attached hydrogens (primary N) is 1. The highest BCUT2D eigenvalue weighted by molar-refractivity contribution is 6.12. The number of aromatic hydroxyl groups is 1. The molecule has 0 unspecified atom stereocenters. The molecule has 1 aliphatic rings. The van der Waals surface area contributed by atoms with Gasteiger partial charge in [-0.25, -0.2) is 9.80 Å². The largest absolute Gasteiger partial charge is 0.508 e. The zero-order valence-electron chi connectivity index (χ0n) is 29.3. The van der Waals surface area contributed by atoms with Gasteiger partial charge in [0.25, 0.3) is 5.91 Å². The summed E-state index contributed by atoms with van der Waals surface area (Å²) in [4.78, 5) is 29.7. The summed E-state index contributed by atoms with van der Waals surface area (Å²) in [5.74, 6) is 0.0306. The minimum absolute atomic E-state index is 0. The van der Waals surface area contributed by atoms with Crippen LogP contribution >= 0.6 is 12.4 Å². The van der Waals surface area contributed by atoms with Crippen molar-refractivity contribution in [3.63, 3.8) is 0 Å². The van der Waals surface area contributed by atoms with E-state index in [-0.39, 0.29) is 30.1 Å². The number of hydrazone groups is 1. The van der Waals surface area contributed by atoms with Crippen LogP contribution in [0, 0.1) is 0 Å². The normalized spacial score (nSPS) is 12.4. The summed E-state index contributed by atoms with van der Waals surface area (Å²) < 4.78 is 0. The van der Waals surface area contributed by atoms with Crippen LogP contribution in [0.25, 0.3) is 11.1 Å². The summed E-state index contributed by atoms with van der Waals surface area (Å²) in [5, 5.41) is 19.4. The fourth-order valence-corrected chi connectivity index (χ4v) is 6.30. The number of anilines is 1. The Kier molecular flexibility index (Phi) is 13.6. The predicted octanol–water partition coefficient (Wildman–Crippen LogP) is 8.36. The van der Waals surface area contributed by atoms with Crippen LogP contribution in [0.2, 0.25) is 0 Å². The third kappa shape index (κ3) is 9.87. The van der Waals surface area contributed by atoms with E-state index in [0.717, 1.165) is 52.8 Å². The number of amides is 3. The number of halogens is 1. The second-order valence-corrected chi connectivity index (χ2v) is 12.8. The topological polar surface area (TPSA) is 111 Å². The first kappa shape index (κ1) is 37.8. The van der Waals surface area contributed by atoms with Crippen molar-refractivity contribution in [2.75, 3.05) is 24.5 Å². The number of carbonyl (C=O) groups excluding carboxylic acids is 2. The van der Waals surface area contributed by atoms with Gasteiger partial charge in [0.15, 0.2) is 0 Å². The van der Waals surface area contributed by atoms with Crippen LogP contribution < -0.4 is 16.0 Å². The van der Waals surface area contributed by atoms with E-state index in [4.69, 9.17) is 10.8 Å². The number of rotatable bonds is 15. The van der Waals surface area contributed by atoms with Crippen LogP contribution in [-0.2, 0) is 19.4 Å². The molecule has 1 aliphatic heterocycles. The average Bonchev–Trinajstić information content (AvgIpc) is 3.27. The summed E-state index contributed by atoms with van der Waals surface area (Å²) in [6, 6.07) is 41.2. The van der Waals surface area contributed by atoms with Gasteiger partial charge in [-0.1, -0.05) is 103 Å². The lowest BCUT2D eigenvalue weighted by Gasteiger charge is -2.27. The third-order valence-electron chi connectivity index (χ3n) is 9.14. The second-order valence-electron chi connectivity index (χ2n) is 12.8. The van der Waals surface area contributed by atoms with Gasteiger partial charge < -0.3 is 16.2 Å². The number of benzene rings is 5. The van der Waals surface area contributed by atoms with Gasteiger partial charge in [0.05, 0.1) is 17.9 Å². The summed E-state index contributed by atoms with van der Waals surface area (Å²) in [6.07, 6.45) is 4.39. The van der Waals surface area contributed by atoms with E-state index in [1.165, 1.54) is 5.56 Å². The molecule has 5 aromatic carbocycles. The number of phenols is 1. The zero-order chi connectivity index (χ0) is 35.4. The number of aryl methyl sites for hydroxylation is 2. The highest BCUT2D eigenvalue weighted by atomic mass is 35.5. The molecule has 6 rings (SSSR count). The molecule has 0 fully saturated rings. The molecule has 0 aromatic heterocycles. The van der Waals surface area contributed by atoms with E-state index < -0.39 is 0 Å². The Morgan fingerprint density at radius 3 is 2.08 bits per heavy atom. The van der Waals surface area contributed by atoms with E-state index in [1.54, 1.807) is 22.0 Å². The maximum absolute atomic E-state index is 14.5. The minimum Gasteiger partial charge on any atom is -0.508 e. The Labute approximate surface area is 312 Å². The summed E-state index contributed by atoms with van der Waals surface area (Å²) >= 11 is 0. The van der Waals surface area contributed by atoms with Gasteiger partial charge in [0, 0.05) is 24.2 Å². The fraction of sp³-hybridized carbons (Fsp3) is 0.233. The minimum atomic E-state index is -0.250. The lowest BCUT2D eigenvalue weighted by Crippen LogP contribution is -2.40. The summed E-state index contributed by atoms with van der Waals surface area (Å²) in [6.45, 7) is 1.79. The van der Waals surface area contributed by atoms with Crippen LogP contribution in [0.1, 0.15) is 58.3 Å². The quantitative estimate of drug-likeness (QED) is 0.0946. The molecular weight excluding hydrogens is 670 g/mol. The van der Waals surface area contributed by atoms with E-state index in [1.807, 2.05) is 66.7 Å². The molecule has 0 saturated carbocycles. The van der Waals surface area contributed by atoms with Gasteiger partial charge in [0.1, 0.15) is 5.75 Å². The molecule has 0 aliphatic carbocycles. The lowest BCUT2D eigenvalue weighted by molar-refractivity contribution is 0.0953. The van der Waals surface area contributed by atoms with Crippen molar-refractivity contribution in [3.8, 4) is 16.9 Å². The number of carbonyl (C=O) groups is 2. The van der Waals surface area contributed by atoms with Gasteiger partial charge in [0.2, 0.25) is 0 Å². The fourth-order valence-electron chi connectivity index (χ4n) is 6.30. The average molecular weight is 716 g/mol. The molecular formula is C43H46ClN5O3. The Morgan fingerprint density at radius 1 is 0.712 bits per heavy atom. The summed E-state index contributed by atoms with van der Waals surface area (Å²) in [7, 11) is 0. The van der Waals surface area contributed by atoms with Crippen molar-refractivity contribution in [1.29, 1.82) is 0 Å². The lowest BCUT2D eigenvalue weighted by atomic mass is 9.98. The number of unbranched alkanes of at least 4 members (excludes halogenated alkanes) is 1. The first-order valence-corrected chi connectivity index (χ1v) is 17.7. The van der Waals surface area contributed by atoms with E-state index >= 15 is 0 Å². The number of hydrogen-bond acceptors (Lipinski definition) is 5. The van der Waals surface area contributed by atoms with Crippen LogP contribution in [0.15, 0.2) is 132 Å². The summed E-state index contributed by atoms with van der Waals surface area (Å²) in [5.41, 5.74) is 14.0. The Bertz CT molecular complexity index is 1930. The zero-order valence-corrected chi connectivity index (χ0v) is 30.1. The number of fused-ring (bicyclic) bond motifs is 1. The third-order valence-corrected chi connectivity index (χ3v) is 9.14. The van der Waals surface area contributed by atoms with Gasteiger partial charge in [-0.05, 0) is 97.2 Å². The molecule has 5 aromatic rings. The van der Waals surface area contributed by atoms with Crippen molar-refractivity contribution < 1.29 is 14.7 Å². The highest BCUT2D eigenvalue weighted by Crippen LogP contribution is 2.32. The molecule has 4 N–H and O–H groups in total. The standard InChI is InChI=1S/C43H45N5O3.ClH/c44-27-7-8-29-48-43(51)47(31-34-15-20-36(21-16-34)35-13-5-2-6-14-35)41-30-37(42(50)45-28-9-12-32-10-3-1-4-11-32)22-25-39(41)40(46-48)26-19-33-17-23-38(49)24-18-33;/h1-6,10-11,13-18,20-25,30,49H,7-9,12,19,26-29,31,44H2,(H,45,50);1H. The maximum atomic E-state index is 14.5. The molecule has 0 bridgehead atoms. The molecule has 9 heteroatoms. The molecule has 268 valence electrons. The van der Waals surface area contributed by atoms with Crippen LogP contribution in [0.4, 0.5) is 10.5 Å². The first-order valence-electron chi connectivity index (χ1n) is 17.7. The molecule has 3 amide bonds. The van der Waals surface area contributed by atoms with E-state index in [0.29, 0.717) is 56.7 Å². The van der Waals surface area contributed by atoms with Crippen LogP contribution in [0.3, 0.4) is 0 Å². The predicted molar refractivity (Wildman–Crippen MR) is 212 cm³/mol. The first-order chi connectivity index (χ1) is 25.0. The Balaban J connectivity index is 0.00000523. The van der Waals surface area contributed by atoms with Gasteiger partial charge in [-0.3, -0.25) is 9.69 Å². The van der Waals surface area contributed by atoms with Gasteiger partial charge >= 0.3 is 6.03 Å². The second kappa shape index (κ2) is 18.7. The molecule has 0 saturated heterocycles. The number of urea groups is 1. The number of nitrogens with zero attached hydrogens (tertiary/aromatic N) is 3. The van der Waals surface area contributed by atoms with Crippen molar-refractivity contribution in [2.45, 2.75) is 45.1 Å². The molecule has 0 spiro atoms. The van der Waals surface area contributed by atoms with Gasteiger partial charge in [-0.2, -0.15) is 5.10 Å². The number of nitrogens with one attached hydrogen (secondary N) is 1. The Hall–Kier alpha value is -5.44. The molecule has 0 atom stereocenters. The number of phenolic OH excluding ortho intramolecular Hbond substituents is 1. The van der Waals surface area contributed by atoms with Crippen LogP contribution in [0.5, 0.6) is 5.75 Å². The molecule has 8 nitrogen and oxygen atoms in total. The Morgan fingerprint density at radius 2 is 1.37 bits per heavy atom. The monoisotopic (exact) mass is 715 g/mol. The van der Waals surface area contributed by atoms with Crippen molar-refractivity contribution in [1.82, 2.24) is 10.3 Å². The van der Waals surface area contributed by atoms with Crippen molar-refractivity contribution in [3.05, 3.63) is 155 Å². The van der Waals surface area contributed by atoms with Crippen LogP contribution in [-0.4, -0.2) is 47.4 Å². The van der Waals surface area contributed by atoms with E-state index in [2.05, 4.69) is 53.8 Å². The maximum Gasteiger partial charge on any atom is 0.345 e. The molecule has 52 heavy (non-hydrogen) atoms. The molecule has 1 heterocycles. The molecule has 0 radical (unpaired) electrons.